The van der Waals surface area contributed by atoms with E-state index in [0.29, 0.717) is 6.54 Å². The maximum Gasteiger partial charge on any atom is 0.407 e. The van der Waals surface area contributed by atoms with E-state index < -0.39 is 5.60 Å². The molecule has 1 N–H and O–H groups in total. The number of ether oxygens (including phenoxy) is 1. The van der Waals surface area contributed by atoms with Gasteiger partial charge in [0.2, 0.25) is 0 Å². The molecule has 1 fully saturated rings. The summed E-state index contributed by atoms with van der Waals surface area (Å²) in [6, 6.07) is 2.25. The molecule has 0 bridgehead atoms. The molecule has 0 unspecified atom stereocenters. The summed E-state index contributed by atoms with van der Waals surface area (Å²) in [6.45, 7) is 9.04. The first-order chi connectivity index (χ1) is 11.3. The highest BCUT2D eigenvalue weighted by Gasteiger charge is 2.28. The monoisotopic (exact) mass is 331 g/mol. The van der Waals surface area contributed by atoms with Gasteiger partial charge < -0.3 is 15.0 Å². The van der Waals surface area contributed by atoms with E-state index in [4.69, 9.17) is 4.74 Å². The van der Waals surface area contributed by atoms with Crippen LogP contribution in [0.15, 0.2) is 18.5 Å². The number of fused-ring (bicyclic) bond motifs is 1. The van der Waals surface area contributed by atoms with Crippen molar-refractivity contribution in [3.05, 3.63) is 24.2 Å². The van der Waals surface area contributed by atoms with Crippen LogP contribution in [0.3, 0.4) is 0 Å². The molecule has 1 aliphatic heterocycles. The van der Waals surface area contributed by atoms with Gasteiger partial charge in [-0.1, -0.05) is 0 Å². The molecular weight excluding hydrogens is 306 g/mol. The predicted octanol–water partition coefficient (Wildman–Crippen LogP) is 2.53. The minimum absolute atomic E-state index is 0.214. The second-order valence-electron chi connectivity index (χ2n) is 7.24. The number of hydrogen-bond acceptors (Lipinski definition) is 5. The van der Waals surface area contributed by atoms with Crippen LogP contribution in [-0.2, 0) is 4.74 Å². The summed E-state index contributed by atoms with van der Waals surface area (Å²) in [5.74, 6) is 0.923. The summed E-state index contributed by atoms with van der Waals surface area (Å²) >= 11 is 0. The second kappa shape index (κ2) is 6.30. The molecule has 2 aromatic heterocycles. The minimum atomic E-state index is -0.484. The number of aryl methyl sites for hydroxylation is 1. The van der Waals surface area contributed by atoms with Gasteiger partial charge in [-0.25, -0.2) is 14.3 Å². The van der Waals surface area contributed by atoms with Crippen molar-refractivity contribution in [1.82, 2.24) is 19.9 Å². The van der Waals surface area contributed by atoms with Crippen LogP contribution in [0, 0.1) is 6.92 Å². The molecule has 2 aromatic rings. The van der Waals surface area contributed by atoms with Crippen molar-refractivity contribution in [1.29, 1.82) is 0 Å². The summed E-state index contributed by atoms with van der Waals surface area (Å²) in [4.78, 5) is 18.7. The van der Waals surface area contributed by atoms with Gasteiger partial charge in [-0.3, -0.25) is 0 Å². The van der Waals surface area contributed by atoms with Crippen LogP contribution in [0.2, 0.25) is 0 Å². The molecule has 1 atom stereocenters. The molecule has 0 radical (unpaired) electrons. The van der Waals surface area contributed by atoms with Crippen LogP contribution < -0.4 is 10.2 Å². The normalized spacial score (nSPS) is 18.2. The number of nitrogens with one attached hydrogen (secondary N) is 1. The highest BCUT2D eigenvalue weighted by atomic mass is 16.6. The summed E-state index contributed by atoms with van der Waals surface area (Å²) in [5, 5.41) is 7.33. The lowest BCUT2D eigenvalue weighted by atomic mass is 10.2. The molecule has 0 aromatic carbocycles. The summed E-state index contributed by atoms with van der Waals surface area (Å²) in [7, 11) is 0. The summed E-state index contributed by atoms with van der Waals surface area (Å²) < 4.78 is 7.17. The lowest BCUT2D eigenvalue weighted by Gasteiger charge is -2.27. The van der Waals surface area contributed by atoms with Gasteiger partial charge in [0.05, 0.1) is 5.69 Å². The summed E-state index contributed by atoms with van der Waals surface area (Å²) in [6.07, 6.45) is 5.35. The third-order valence-corrected chi connectivity index (χ3v) is 4.02. The Balaban J connectivity index is 1.72. The predicted molar refractivity (Wildman–Crippen MR) is 92.3 cm³/mol. The molecular formula is C17H25N5O2. The second-order valence-corrected chi connectivity index (χ2v) is 7.24. The highest BCUT2D eigenvalue weighted by Crippen LogP contribution is 2.27. The number of aromatic nitrogens is 3. The lowest BCUT2D eigenvalue weighted by Crippen LogP contribution is -2.42. The first kappa shape index (κ1) is 16.5. The van der Waals surface area contributed by atoms with Crippen LogP contribution in [0.4, 0.5) is 10.6 Å². The summed E-state index contributed by atoms with van der Waals surface area (Å²) in [5.41, 5.74) is 1.48. The maximum atomic E-state index is 11.9. The van der Waals surface area contributed by atoms with Crippen molar-refractivity contribution in [2.24, 2.45) is 0 Å². The lowest BCUT2D eigenvalue weighted by molar-refractivity contribution is 0.0525. The molecule has 7 nitrogen and oxygen atoms in total. The van der Waals surface area contributed by atoms with E-state index in [9.17, 15) is 4.79 Å². The molecule has 1 aliphatic rings. The minimum Gasteiger partial charge on any atom is -0.444 e. The number of nitrogens with zero attached hydrogens (tertiary/aromatic N) is 4. The molecule has 24 heavy (non-hydrogen) atoms. The van der Waals surface area contributed by atoms with E-state index in [1.54, 1.807) is 6.20 Å². The molecule has 0 aliphatic carbocycles. The molecule has 1 amide bonds. The van der Waals surface area contributed by atoms with Crippen molar-refractivity contribution < 1.29 is 9.53 Å². The first-order valence-electron chi connectivity index (χ1n) is 8.38. The van der Waals surface area contributed by atoms with Crippen molar-refractivity contribution in [2.75, 3.05) is 18.0 Å². The Hall–Kier alpha value is -2.31. The van der Waals surface area contributed by atoms with Crippen LogP contribution >= 0.6 is 0 Å². The quantitative estimate of drug-likeness (QED) is 0.936. The van der Waals surface area contributed by atoms with Gasteiger partial charge in [-0.2, -0.15) is 5.10 Å². The number of rotatable bonds is 3. The van der Waals surface area contributed by atoms with Crippen molar-refractivity contribution in [3.63, 3.8) is 0 Å². The highest BCUT2D eigenvalue weighted by molar-refractivity contribution is 5.70. The number of hydrogen-bond donors (Lipinski definition) is 1. The van der Waals surface area contributed by atoms with Crippen molar-refractivity contribution in [2.45, 2.75) is 52.2 Å². The van der Waals surface area contributed by atoms with E-state index in [1.165, 1.54) is 0 Å². The average Bonchev–Trinajstić information content (AvgIpc) is 3.07. The molecule has 0 saturated carbocycles. The van der Waals surface area contributed by atoms with E-state index in [1.807, 2.05) is 44.5 Å². The third-order valence-electron chi connectivity index (χ3n) is 4.02. The van der Waals surface area contributed by atoms with Crippen LogP contribution in [0.1, 0.15) is 39.3 Å². The largest absolute Gasteiger partial charge is 0.444 e. The average molecular weight is 331 g/mol. The molecule has 1 saturated heterocycles. The fourth-order valence-corrected chi connectivity index (χ4v) is 3.09. The van der Waals surface area contributed by atoms with E-state index in [2.05, 4.69) is 20.3 Å². The Bertz CT molecular complexity index is 734. The molecule has 3 rings (SSSR count). The molecule has 3 heterocycles. The van der Waals surface area contributed by atoms with Crippen LogP contribution in [0.5, 0.6) is 0 Å². The SMILES string of the molecule is Cc1cc2c(N3CCC[C@@H]3CNC(=O)OC(C)(C)C)nccn2n1. The number of alkyl carbamates (subject to hydrolysis) is 1. The van der Waals surface area contributed by atoms with Gasteiger partial charge in [0, 0.05) is 31.5 Å². The van der Waals surface area contributed by atoms with E-state index in [0.717, 1.165) is 36.4 Å². The van der Waals surface area contributed by atoms with Gasteiger partial charge in [-0.05, 0) is 46.6 Å². The number of amides is 1. The molecule has 0 spiro atoms. The van der Waals surface area contributed by atoms with Gasteiger partial charge in [0.1, 0.15) is 11.1 Å². The Morgan fingerprint density at radius 2 is 2.25 bits per heavy atom. The fraction of sp³-hybridized carbons (Fsp3) is 0.588. The molecule has 130 valence electrons. The van der Waals surface area contributed by atoms with E-state index >= 15 is 0 Å². The maximum absolute atomic E-state index is 11.9. The fourth-order valence-electron chi connectivity index (χ4n) is 3.09. The van der Waals surface area contributed by atoms with Gasteiger partial charge in [0.15, 0.2) is 5.82 Å². The standard InChI is InChI=1S/C17H25N5O2/c1-12-10-14-15(18-7-9-22(14)20-12)21-8-5-6-13(21)11-19-16(23)24-17(2,3)4/h7,9-10,13H,5-6,8,11H2,1-4H3,(H,19,23)/t13-/m1/s1. The van der Waals surface area contributed by atoms with Crippen LogP contribution in [-0.4, -0.2) is 45.4 Å². The number of anilines is 1. The molecule has 7 heteroatoms. The van der Waals surface area contributed by atoms with Gasteiger partial charge >= 0.3 is 6.09 Å². The Morgan fingerprint density at radius 3 is 3.00 bits per heavy atom. The first-order valence-corrected chi connectivity index (χ1v) is 8.38. The van der Waals surface area contributed by atoms with Crippen molar-refractivity contribution >= 4 is 17.4 Å². The zero-order chi connectivity index (χ0) is 17.3. The van der Waals surface area contributed by atoms with Gasteiger partial charge in [0.25, 0.3) is 0 Å². The zero-order valence-electron chi connectivity index (χ0n) is 14.7. The Kier molecular flexibility index (Phi) is 4.34. The Labute approximate surface area is 142 Å². The topological polar surface area (TPSA) is 71.8 Å². The number of carbonyl (C=O) groups is 1. The third kappa shape index (κ3) is 3.60. The Morgan fingerprint density at radius 1 is 1.46 bits per heavy atom. The van der Waals surface area contributed by atoms with Gasteiger partial charge in [-0.15, -0.1) is 0 Å². The zero-order valence-corrected chi connectivity index (χ0v) is 14.7. The van der Waals surface area contributed by atoms with Crippen LogP contribution in [0.25, 0.3) is 5.52 Å². The van der Waals surface area contributed by atoms with E-state index in [-0.39, 0.29) is 12.1 Å². The van der Waals surface area contributed by atoms with Crippen molar-refractivity contribution in [3.8, 4) is 0 Å². The smallest absolute Gasteiger partial charge is 0.407 e. The number of carbonyl (C=O) groups excluding carboxylic acids is 1.